The van der Waals surface area contributed by atoms with E-state index in [9.17, 15) is 4.79 Å². The number of Topliss-reactive ketones (excluding diaryl/α,β-unsaturated/α-hetero) is 1. The first-order valence-corrected chi connectivity index (χ1v) is 21.4. The van der Waals surface area contributed by atoms with E-state index >= 15 is 0 Å². The molecular formula is C32H51NO3Si2. The van der Waals surface area contributed by atoms with Crippen LogP contribution in [0.25, 0.3) is 0 Å². The Kier molecular flexibility index (Phi) is 6.53. The van der Waals surface area contributed by atoms with E-state index in [1.807, 2.05) is 0 Å². The number of likely N-dealkylation sites (N-methyl/N-ethyl adjacent to an activating group) is 1. The zero-order valence-corrected chi connectivity index (χ0v) is 27.8. The summed E-state index contributed by atoms with van der Waals surface area (Å²) < 4.78 is 12.2. The number of fused-ring (bicyclic) bond motifs is 3. The number of allylic oxidation sites excluding steroid dienone is 6. The summed E-state index contributed by atoms with van der Waals surface area (Å²) in [6.07, 6.45) is 15.8. The fourth-order valence-corrected chi connectivity index (χ4v) is 14.9. The van der Waals surface area contributed by atoms with Gasteiger partial charge >= 0.3 is 0 Å². The molecule has 0 aromatic rings. The average molecular weight is 554 g/mol. The van der Waals surface area contributed by atoms with Gasteiger partial charge in [0.2, 0.25) is 11.5 Å². The lowest BCUT2D eigenvalue weighted by molar-refractivity contribution is -0.134. The van der Waals surface area contributed by atoms with E-state index in [-0.39, 0.29) is 17.1 Å². The molecule has 0 aromatic carbocycles. The summed E-state index contributed by atoms with van der Waals surface area (Å²) in [5.74, 6) is 1.99. The van der Waals surface area contributed by atoms with Gasteiger partial charge in [0.1, 0.15) is 5.54 Å². The predicted octanol–water partition coefficient (Wildman–Crippen LogP) is 7.43. The highest BCUT2D eigenvalue weighted by molar-refractivity contribution is 6.82. The van der Waals surface area contributed by atoms with Crippen LogP contribution in [-0.2, 0) is 14.3 Å². The van der Waals surface area contributed by atoms with Gasteiger partial charge < -0.3 is 9.47 Å². The van der Waals surface area contributed by atoms with E-state index in [2.05, 4.69) is 95.8 Å². The Labute approximate surface area is 233 Å². The van der Waals surface area contributed by atoms with Crippen LogP contribution in [0.4, 0.5) is 0 Å². The van der Waals surface area contributed by atoms with E-state index in [4.69, 9.17) is 9.47 Å². The molecule has 2 fully saturated rings. The van der Waals surface area contributed by atoms with Crippen LogP contribution in [0.2, 0.25) is 48.9 Å². The molecule has 0 radical (unpaired) electrons. The number of hydrogen-bond acceptors (Lipinski definition) is 4. The number of ketones is 1. The Morgan fingerprint density at radius 3 is 2.34 bits per heavy atom. The number of methoxy groups -OCH3 is 2. The Morgan fingerprint density at radius 1 is 1.08 bits per heavy atom. The maximum atomic E-state index is 14.2. The summed E-state index contributed by atoms with van der Waals surface area (Å²) in [6.45, 7) is 20.8. The molecule has 4 nitrogen and oxygen atoms in total. The molecule has 0 amide bonds. The summed E-state index contributed by atoms with van der Waals surface area (Å²) in [4.78, 5) is 16.7. The Morgan fingerprint density at radius 2 is 1.76 bits per heavy atom. The van der Waals surface area contributed by atoms with Crippen molar-refractivity contribution in [1.82, 2.24) is 4.90 Å². The standard InChI is InChI=1S/C32H51NO3Si2/c1-30(2,3)38(10,11)22-13-12-21(20-22)16-17-32-29(36-6)27(35-5)26(34)25-23-14-15-24(28(23)37(7,8)9)31(25,32)18-19-33(32)4/h14-17,20,22-25,28H,12-13,18-19H2,1-11H3/b17-16-/t22?,23-,24-,25-,28-,31-,32-/m1/s1. The lowest BCUT2D eigenvalue weighted by Crippen LogP contribution is -2.62. The van der Waals surface area contributed by atoms with Gasteiger partial charge in [0.05, 0.1) is 22.3 Å². The molecule has 0 N–H and O–H groups in total. The fourth-order valence-electron chi connectivity index (χ4n) is 9.35. The molecule has 1 saturated heterocycles. The molecule has 1 unspecified atom stereocenters. The molecule has 4 aliphatic carbocycles. The van der Waals surface area contributed by atoms with Crippen molar-refractivity contribution >= 4 is 21.9 Å². The predicted molar refractivity (Wildman–Crippen MR) is 163 cm³/mol. The molecule has 38 heavy (non-hydrogen) atoms. The molecule has 1 spiro atoms. The van der Waals surface area contributed by atoms with Crippen LogP contribution < -0.4 is 0 Å². The van der Waals surface area contributed by atoms with Crippen molar-refractivity contribution in [3.8, 4) is 0 Å². The van der Waals surface area contributed by atoms with Gasteiger partial charge in [-0.15, -0.1) is 0 Å². The minimum atomic E-state index is -1.55. The smallest absolute Gasteiger partial charge is 0.205 e. The SMILES string of the molecule is COC1=C(OC)[C@@]2(/C=C\C3=CC([Si](C)(C)C(C)(C)C)CC3)N(C)CC[C@]23[C@@H]2C=C[C@@H]([C@H]2[Si](C)(C)C)[C@@H]3C1=O. The molecule has 0 aromatic heterocycles. The highest BCUT2D eigenvalue weighted by Crippen LogP contribution is 2.75. The van der Waals surface area contributed by atoms with Gasteiger partial charge in [-0.25, -0.2) is 0 Å². The van der Waals surface area contributed by atoms with Crippen LogP contribution in [0.5, 0.6) is 0 Å². The van der Waals surface area contributed by atoms with Crippen LogP contribution in [0.15, 0.2) is 47.5 Å². The van der Waals surface area contributed by atoms with Crippen molar-refractivity contribution in [3.63, 3.8) is 0 Å². The van der Waals surface area contributed by atoms with Gasteiger partial charge in [0, 0.05) is 19.4 Å². The Balaban J connectivity index is 1.67. The summed E-state index contributed by atoms with van der Waals surface area (Å²) >= 11 is 0. The zero-order valence-electron chi connectivity index (χ0n) is 25.8. The van der Waals surface area contributed by atoms with Gasteiger partial charge in [0.25, 0.3) is 0 Å². The van der Waals surface area contributed by atoms with Gasteiger partial charge in [-0.2, -0.15) is 0 Å². The van der Waals surface area contributed by atoms with E-state index in [0.29, 0.717) is 33.7 Å². The maximum absolute atomic E-state index is 14.2. The largest absolute Gasteiger partial charge is 0.495 e. The maximum Gasteiger partial charge on any atom is 0.205 e. The highest BCUT2D eigenvalue weighted by Gasteiger charge is 2.78. The molecule has 6 heteroatoms. The minimum absolute atomic E-state index is 0.0461. The molecule has 5 rings (SSSR count). The van der Waals surface area contributed by atoms with Crippen LogP contribution >= 0.6 is 0 Å². The first-order valence-electron chi connectivity index (χ1n) is 14.8. The van der Waals surface area contributed by atoms with E-state index < -0.39 is 21.7 Å². The van der Waals surface area contributed by atoms with E-state index in [1.165, 1.54) is 12.0 Å². The third-order valence-electron chi connectivity index (χ3n) is 12.1. The fraction of sp³-hybridized carbons (Fsp3) is 0.719. The molecule has 210 valence electrons. The summed E-state index contributed by atoms with van der Waals surface area (Å²) in [7, 11) is 2.61. The number of ether oxygens (including phenoxy) is 2. The van der Waals surface area contributed by atoms with Gasteiger partial charge in [-0.05, 0) is 60.8 Å². The molecular weight excluding hydrogens is 503 g/mol. The first kappa shape index (κ1) is 28.2. The van der Waals surface area contributed by atoms with Crippen LogP contribution in [-0.4, -0.2) is 60.2 Å². The number of rotatable bonds is 6. The topological polar surface area (TPSA) is 38.8 Å². The monoisotopic (exact) mass is 553 g/mol. The molecule has 7 atom stereocenters. The van der Waals surface area contributed by atoms with Crippen molar-refractivity contribution in [1.29, 1.82) is 0 Å². The van der Waals surface area contributed by atoms with Crippen molar-refractivity contribution in [3.05, 3.63) is 47.5 Å². The second-order valence-corrected chi connectivity index (χ2v) is 26.5. The third kappa shape index (κ3) is 3.44. The number of carbonyl (C=O) groups excluding carboxylic acids is 1. The highest BCUT2D eigenvalue weighted by atomic mass is 28.3. The van der Waals surface area contributed by atoms with Crippen molar-refractivity contribution in [2.24, 2.45) is 23.2 Å². The number of hydrogen-bond donors (Lipinski definition) is 0. The minimum Gasteiger partial charge on any atom is -0.495 e. The normalized spacial score (nSPS) is 39.3. The van der Waals surface area contributed by atoms with Crippen molar-refractivity contribution < 1.29 is 14.3 Å². The van der Waals surface area contributed by atoms with Gasteiger partial charge in [-0.3, -0.25) is 9.69 Å². The molecule has 5 aliphatic rings. The van der Waals surface area contributed by atoms with E-state index in [1.54, 1.807) is 14.2 Å². The summed E-state index contributed by atoms with van der Waals surface area (Å²) in [5, 5.41) is 0.374. The number of nitrogens with zero attached hydrogens (tertiary/aromatic N) is 1. The van der Waals surface area contributed by atoms with Gasteiger partial charge in [-0.1, -0.05) is 89.5 Å². The Bertz CT molecular complexity index is 1140. The Hall–Kier alpha value is -1.38. The molecule has 1 heterocycles. The lowest BCUT2D eigenvalue weighted by atomic mass is 9.52. The quantitative estimate of drug-likeness (QED) is 0.253. The van der Waals surface area contributed by atoms with Crippen LogP contribution in [0, 0.1) is 23.2 Å². The van der Waals surface area contributed by atoms with Crippen molar-refractivity contribution in [2.45, 2.75) is 94.4 Å². The molecule has 2 bridgehead atoms. The molecule has 1 aliphatic heterocycles. The molecule has 1 saturated carbocycles. The van der Waals surface area contributed by atoms with Crippen LogP contribution in [0.3, 0.4) is 0 Å². The summed E-state index contributed by atoms with van der Waals surface area (Å²) in [5.41, 5.74) is 2.05. The van der Waals surface area contributed by atoms with Crippen LogP contribution in [0.1, 0.15) is 40.0 Å². The number of carbonyl (C=O) groups is 1. The second kappa shape index (κ2) is 8.81. The zero-order chi connectivity index (χ0) is 28.1. The lowest BCUT2D eigenvalue weighted by Gasteiger charge is -2.55. The second-order valence-electron chi connectivity index (χ2n) is 15.5. The third-order valence-corrected chi connectivity index (χ3v) is 21.0. The van der Waals surface area contributed by atoms with Crippen molar-refractivity contribution in [2.75, 3.05) is 27.8 Å². The summed E-state index contributed by atoms with van der Waals surface area (Å²) in [6, 6.07) is 0. The average Bonchev–Trinajstić information content (AvgIpc) is 3.58. The van der Waals surface area contributed by atoms with E-state index in [0.717, 1.165) is 25.1 Å². The number of likely N-dealkylation sites (tertiary alicyclic amines) is 1. The van der Waals surface area contributed by atoms with Gasteiger partial charge in [0.15, 0.2) is 5.76 Å². The first-order chi connectivity index (χ1) is 17.6.